The van der Waals surface area contributed by atoms with Crippen LogP contribution in [0.3, 0.4) is 0 Å². The highest BCUT2D eigenvalue weighted by molar-refractivity contribution is 4.91. The van der Waals surface area contributed by atoms with Crippen molar-refractivity contribution < 1.29 is 0 Å². The van der Waals surface area contributed by atoms with E-state index in [0.717, 1.165) is 47.3 Å². The van der Waals surface area contributed by atoms with Crippen LogP contribution in [0.25, 0.3) is 0 Å². The van der Waals surface area contributed by atoms with Crippen LogP contribution < -0.4 is 0 Å². The van der Waals surface area contributed by atoms with E-state index < -0.39 is 0 Å². The Morgan fingerprint density at radius 2 is 0.778 bits per heavy atom. The third kappa shape index (κ3) is 2.49. The second kappa shape index (κ2) is 5.55. The summed E-state index contributed by atoms with van der Waals surface area (Å²) in [6, 6.07) is 0. The second-order valence-electron chi connectivity index (χ2n) is 7.87. The number of hydrogen-bond donors (Lipinski definition) is 0. The van der Waals surface area contributed by atoms with E-state index >= 15 is 0 Å². The fourth-order valence-electron chi connectivity index (χ4n) is 4.99. The van der Waals surface area contributed by atoms with Gasteiger partial charge in [-0.25, -0.2) is 0 Å². The van der Waals surface area contributed by atoms with E-state index in [2.05, 4.69) is 41.5 Å². The first-order valence-electron chi connectivity index (χ1n) is 8.43. The van der Waals surface area contributed by atoms with E-state index in [0.29, 0.717) is 0 Å². The average Bonchev–Trinajstić information content (AvgIpc) is 2.35. The maximum atomic E-state index is 2.54. The Hall–Kier alpha value is 0. The zero-order valence-electron chi connectivity index (χ0n) is 13.4. The molecule has 2 fully saturated rings. The first-order valence-corrected chi connectivity index (χ1v) is 8.43. The summed E-state index contributed by atoms with van der Waals surface area (Å²) in [4.78, 5) is 0. The smallest absolute Gasteiger partial charge is 0.0355 e. The molecular weight excluding hydrogens is 216 g/mol. The molecule has 0 N–H and O–H groups in total. The van der Waals surface area contributed by atoms with E-state index in [1.54, 1.807) is 0 Å². The minimum atomic E-state index is 0.936. The summed E-state index contributed by atoms with van der Waals surface area (Å²) in [6.45, 7) is 15.0. The van der Waals surface area contributed by atoms with Crippen LogP contribution in [0.1, 0.15) is 67.2 Å². The van der Waals surface area contributed by atoms with Crippen LogP contribution in [-0.2, 0) is 0 Å². The lowest BCUT2D eigenvalue weighted by Gasteiger charge is -2.48. The van der Waals surface area contributed by atoms with Crippen LogP contribution in [0.15, 0.2) is 0 Å². The SMILES string of the molecule is CC1CCC(C2CCC(C)C(C)C2C)C(C)C1C. The van der Waals surface area contributed by atoms with Gasteiger partial charge in [0.1, 0.15) is 0 Å². The predicted molar refractivity (Wildman–Crippen MR) is 80.4 cm³/mol. The predicted octanol–water partition coefficient (Wildman–Crippen LogP) is 5.62. The summed E-state index contributed by atoms with van der Waals surface area (Å²) < 4.78 is 0. The lowest BCUT2D eigenvalue weighted by Crippen LogP contribution is -2.41. The maximum absolute atomic E-state index is 2.54. The Morgan fingerprint density at radius 3 is 1.11 bits per heavy atom. The van der Waals surface area contributed by atoms with Gasteiger partial charge in [0.05, 0.1) is 0 Å². The van der Waals surface area contributed by atoms with Crippen LogP contribution in [0, 0.1) is 47.3 Å². The van der Waals surface area contributed by atoms with Crippen molar-refractivity contribution in [3.8, 4) is 0 Å². The van der Waals surface area contributed by atoms with Crippen molar-refractivity contribution in [2.24, 2.45) is 47.3 Å². The van der Waals surface area contributed by atoms with Gasteiger partial charge >= 0.3 is 0 Å². The molecule has 0 nitrogen and oxygen atoms in total. The molecule has 0 aromatic rings. The van der Waals surface area contributed by atoms with Gasteiger partial charge < -0.3 is 0 Å². The molecule has 0 aliphatic heterocycles. The van der Waals surface area contributed by atoms with Gasteiger partial charge in [-0.05, 0) is 60.2 Å². The van der Waals surface area contributed by atoms with Crippen molar-refractivity contribution in [3.05, 3.63) is 0 Å². The van der Waals surface area contributed by atoms with Crippen molar-refractivity contribution in [1.82, 2.24) is 0 Å². The van der Waals surface area contributed by atoms with Gasteiger partial charge in [-0.3, -0.25) is 0 Å². The molecule has 0 bridgehead atoms. The highest BCUT2D eigenvalue weighted by atomic mass is 14.5. The second-order valence-corrected chi connectivity index (χ2v) is 7.87. The first-order chi connectivity index (χ1) is 8.43. The number of rotatable bonds is 1. The Labute approximate surface area is 115 Å². The Balaban J connectivity index is 2.07. The van der Waals surface area contributed by atoms with E-state index in [-0.39, 0.29) is 0 Å². The van der Waals surface area contributed by atoms with Gasteiger partial charge in [0.25, 0.3) is 0 Å². The van der Waals surface area contributed by atoms with Gasteiger partial charge in [-0.1, -0.05) is 54.4 Å². The van der Waals surface area contributed by atoms with Crippen LogP contribution in [0.2, 0.25) is 0 Å². The van der Waals surface area contributed by atoms with Crippen LogP contribution in [0.4, 0.5) is 0 Å². The van der Waals surface area contributed by atoms with Gasteiger partial charge in [0.2, 0.25) is 0 Å². The standard InChI is InChI=1S/C18H34/c1-11-7-9-17(15(5)13(11)3)18-10-8-12(2)14(4)16(18)6/h11-18H,7-10H2,1-6H3. The zero-order chi connectivity index (χ0) is 13.4. The molecule has 2 aliphatic rings. The van der Waals surface area contributed by atoms with Crippen molar-refractivity contribution >= 4 is 0 Å². The lowest BCUT2D eigenvalue weighted by atomic mass is 9.57. The summed E-state index contributed by atoms with van der Waals surface area (Å²) in [5, 5.41) is 0. The maximum Gasteiger partial charge on any atom is -0.0355 e. The molecular formula is C18H34. The van der Waals surface area contributed by atoms with Crippen molar-refractivity contribution in [3.63, 3.8) is 0 Å². The molecule has 0 radical (unpaired) electrons. The molecule has 0 heterocycles. The highest BCUT2D eigenvalue weighted by Crippen LogP contribution is 2.49. The van der Waals surface area contributed by atoms with E-state index in [1.165, 1.54) is 25.7 Å². The third-order valence-corrected chi connectivity index (χ3v) is 7.27. The zero-order valence-corrected chi connectivity index (χ0v) is 13.4. The Morgan fingerprint density at radius 1 is 0.444 bits per heavy atom. The summed E-state index contributed by atoms with van der Waals surface area (Å²) in [5.41, 5.74) is 0. The van der Waals surface area contributed by atoms with Gasteiger partial charge in [0, 0.05) is 0 Å². The first kappa shape index (κ1) is 14.4. The molecule has 0 aromatic heterocycles. The summed E-state index contributed by atoms with van der Waals surface area (Å²) >= 11 is 0. The molecule has 8 unspecified atom stereocenters. The van der Waals surface area contributed by atoms with Gasteiger partial charge in [-0.15, -0.1) is 0 Å². The van der Waals surface area contributed by atoms with Crippen LogP contribution in [-0.4, -0.2) is 0 Å². The molecule has 18 heavy (non-hydrogen) atoms. The largest absolute Gasteiger partial charge is 0.0622 e. The van der Waals surface area contributed by atoms with Crippen LogP contribution >= 0.6 is 0 Å². The van der Waals surface area contributed by atoms with Gasteiger partial charge in [0.15, 0.2) is 0 Å². The molecule has 106 valence electrons. The fraction of sp³-hybridized carbons (Fsp3) is 1.00. The van der Waals surface area contributed by atoms with Crippen molar-refractivity contribution in [2.45, 2.75) is 67.2 Å². The molecule has 0 amide bonds. The third-order valence-electron chi connectivity index (χ3n) is 7.27. The van der Waals surface area contributed by atoms with Crippen molar-refractivity contribution in [2.75, 3.05) is 0 Å². The van der Waals surface area contributed by atoms with E-state index in [4.69, 9.17) is 0 Å². The molecule has 0 spiro atoms. The van der Waals surface area contributed by atoms with E-state index in [1.807, 2.05) is 0 Å². The molecule has 0 saturated heterocycles. The molecule has 0 aromatic carbocycles. The Bertz CT molecular complexity index is 241. The average molecular weight is 250 g/mol. The Kier molecular flexibility index (Phi) is 4.44. The normalized spacial score (nSPS) is 54.3. The molecule has 2 rings (SSSR count). The summed E-state index contributed by atoms with van der Waals surface area (Å²) in [6.07, 6.45) is 5.96. The minimum absolute atomic E-state index is 0.936. The monoisotopic (exact) mass is 250 g/mol. The number of hydrogen-bond acceptors (Lipinski definition) is 0. The molecule has 0 heteroatoms. The summed E-state index contributed by atoms with van der Waals surface area (Å²) in [5.74, 6) is 7.69. The molecule has 2 saturated carbocycles. The van der Waals surface area contributed by atoms with Crippen LogP contribution in [0.5, 0.6) is 0 Å². The molecule has 8 atom stereocenters. The fourth-order valence-corrected chi connectivity index (χ4v) is 4.99. The highest BCUT2D eigenvalue weighted by Gasteiger charge is 2.41. The minimum Gasteiger partial charge on any atom is -0.0622 e. The lowest BCUT2D eigenvalue weighted by molar-refractivity contribution is 0.00881. The van der Waals surface area contributed by atoms with Crippen molar-refractivity contribution in [1.29, 1.82) is 0 Å². The topological polar surface area (TPSA) is 0 Å². The quantitative estimate of drug-likeness (QED) is 0.566. The molecule has 2 aliphatic carbocycles. The summed E-state index contributed by atoms with van der Waals surface area (Å²) in [7, 11) is 0. The van der Waals surface area contributed by atoms with Gasteiger partial charge in [-0.2, -0.15) is 0 Å². The van der Waals surface area contributed by atoms with E-state index in [9.17, 15) is 0 Å².